The van der Waals surface area contributed by atoms with Gasteiger partial charge in [-0.25, -0.2) is 19.3 Å². The zero-order valence-electron chi connectivity index (χ0n) is 17.8. The number of piperidine rings is 1. The van der Waals surface area contributed by atoms with E-state index in [-0.39, 0.29) is 6.04 Å². The average Bonchev–Trinajstić information content (AvgIpc) is 2.81. The molecule has 4 aromatic rings. The zero-order chi connectivity index (χ0) is 21.9. The van der Waals surface area contributed by atoms with E-state index < -0.39 is 6.17 Å². The Bertz CT molecular complexity index is 1250. The van der Waals surface area contributed by atoms with E-state index in [1.54, 1.807) is 12.4 Å². The molecule has 1 aliphatic heterocycles. The number of ether oxygens (including phenoxy) is 1. The Morgan fingerprint density at radius 3 is 2.81 bits per heavy atom. The second-order valence-corrected chi connectivity index (χ2v) is 7.99. The van der Waals surface area contributed by atoms with Gasteiger partial charge >= 0.3 is 0 Å². The van der Waals surface area contributed by atoms with Gasteiger partial charge in [0.2, 0.25) is 11.8 Å². The second kappa shape index (κ2) is 8.88. The first-order valence-electron chi connectivity index (χ1n) is 10.7. The molecule has 0 unspecified atom stereocenters. The van der Waals surface area contributed by atoms with Crippen molar-refractivity contribution in [2.24, 2.45) is 0 Å². The smallest absolute Gasteiger partial charge is 0.228 e. The molecule has 2 aromatic carbocycles. The lowest BCUT2D eigenvalue weighted by Gasteiger charge is -2.26. The summed E-state index contributed by atoms with van der Waals surface area (Å²) in [6.07, 6.45) is 2.96. The summed E-state index contributed by atoms with van der Waals surface area (Å²) in [5.74, 6) is 1.71. The minimum absolute atomic E-state index is 0.0584. The number of benzene rings is 2. The molecule has 6 nitrogen and oxygen atoms in total. The molecule has 2 N–H and O–H groups in total. The highest BCUT2D eigenvalue weighted by Crippen LogP contribution is 2.36. The van der Waals surface area contributed by atoms with E-state index >= 15 is 0 Å². The summed E-state index contributed by atoms with van der Waals surface area (Å²) in [5, 5.41) is 8.45. The van der Waals surface area contributed by atoms with Crippen LogP contribution in [0.2, 0.25) is 0 Å². The Kier molecular flexibility index (Phi) is 5.64. The highest BCUT2D eigenvalue weighted by Gasteiger charge is 2.22. The quantitative estimate of drug-likeness (QED) is 0.470. The van der Waals surface area contributed by atoms with Crippen LogP contribution in [0.25, 0.3) is 22.0 Å². The third kappa shape index (κ3) is 4.24. The van der Waals surface area contributed by atoms with Crippen LogP contribution in [-0.2, 0) is 0 Å². The van der Waals surface area contributed by atoms with Crippen molar-refractivity contribution in [3.8, 4) is 22.9 Å². The van der Waals surface area contributed by atoms with Crippen LogP contribution in [0, 0.1) is 6.92 Å². The van der Waals surface area contributed by atoms with Crippen molar-refractivity contribution in [3.63, 3.8) is 0 Å². The SMILES string of the molecule is Cc1ccc2ccccc2c1Oc1ncccc1-c1ccnc(N[C@@H]2CNC[C@@H](F)C2)n1. The third-order valence-electron chi connectivity index (χ3n) is 5.61. The molecule has 2 atom stereocenters. The van der Waals surface area contributed by atoms with Crippen LogP contribution in [0.3, 0.4) is 0 Å². The molecule has 2 aromatic heterocycles. The Morgan fingerprint density at radius 1 is 1.00 bits per heavy atom. The first-order chi connectivity index (χ1) is 15.7. The van der Waals surface area contributed by atoms with Crippen molar-refractivity contribution in [2.45, 2.75) is 25.6 Å². The number of fused-ring (bicyclic) bond motifs is 1. The van der Waals surface area contributed by atoms with Crippen molar-refractivity contribution >= 4 is 16.7 Å². The number of hydrogen-bond donors (Lipinski definition) is 2. The van der Waals surface area contributed by atoms with Gasteiger partial charge in [-0.1, -0.05) is 36.4 Å². The first-order valence-corrected chi connectivity index (χ1v) is 10.7. The van der Waals surface area contributed by atoms with E-state index in [9.17, 15) is 4.39 Å². The van der Waals surface area contributed by atoms with Crippen LogP contribution >= 0.6 is 0 Å². The zero-order valence-corrected chi connectivity index (χ0v) is 17.8. The molecule has 32 heavy (non-hydrogen) atoms. The molecule has 5 rings (SSSR count). The molecule has 0 saturated carbocycles. The fraction of sp³-hybridized carbons (Fsp3) is 0.240. The van der Waals surface area contributed by atoms with Crippen molar-refractivity contribution in [1.82, 2.24) is 20.3 Å². The molecule has 3 heterocycles. The number of pyridine rings is 1. The minimum atomic E-state index is -0.869. The van der Waals surface area contributed by atoms with Gasteiger partial charge in [-0.15, -0.1) is 0 Å². The first kappa shape index (κ1) is 20.3. The van der Waals surface area contributed by atoms with Gasteiger partial charge in [0, 0.05) is 43.3 Å². The molecule has 1 aliphatic rings. The number of anilines is 1. The average molecular weight is 429 g/mol. The van der Waals surface area contributed by atoms with Gasteiger partial charge in [0.15, 0.2) is 0 Å². The highest BCUT2D eigenvalue weighted by atomic mass is 19.1. The standard InChI is InChI=1S/C25H24FN5O/c1-16-8-9-17-5-2-3-6-20(17)23(16)32-24-21(7-4-11-28-24)22-10-12-29-25(31-22)30-19-13-18(26)14-27-15-19/h2-12,18-19,27H,13-15H2,1H3,(H,29,30,31)/t18-,19-/m0/s1. The summed E-state index contributed by atoms with van der Waals surface area (Å²) in [7, 11) is 0. The molecular formula is C25H24FN5O. The van der Waals surface area contributed by atoms with Gasteiger partial charge in [-0.05, 0) is 36.1 Å². The molecule has 0 spiro atoms. The Hall–Kier alpha value is -3.58. The summed E-state index contributed by atoms with van der Waals surface area (Å²) in [5.41, 5.74) is 2.47. The number of hydrogen-bond acceptors (Lipinski definition) is 6. The predicted molar refractivity (Wildman–Crippen MR) is 124 cm³/mol. The molecule has 0 aliphatic carbocycles. The fourth-order valence-electron chi connectivity index (χ4n) is 4.01. The minimum Gasteiger partial charge on any atom is -0.437 e. The van der Waals surface area contributed by atoms with Crippen molar-refractivity contribution in [3.05, 3.63) is 72.6 Å². The second-order valence-electron chi connectivity index (χ2n) is 7.99. The van der Waals surface area contributed by atoms with Crippen LogP contribution in [0.1, 0.15) is 12.0 Å². The van der Waals surface area contributed by atoms with Crippen LogP contribution < -0.4 is 15.4 Å². The normalized spacial score (nSPS) is 18.4. The molecule has 0 amide bonds. The molecule has 162 valence electrons. The van der Waals surface area contributed by atoms with Gasteiger partial charge in [0.25, 0.3) is 0 Å². The van der Waals surface area contributed by atoms with E-state index in [1.807, 2.05) is 49.4 Å². The van der Waals surface area contributed by atoms with E-state index in [4.69, 9.17) is 4.74 Å². The Labute approximate surface area is 185 Å². The van der Waals surface area contributed by atoms with Gasteiger partial charge in [-0.3, -0.25) is 0 Å². The third-order valence-corrected chi connectivity index (χ3v) is 5.61. The van der Waals surface area contributed by atoms with E-state index in [2.05, 4.69) is 37.7 Å². The van der Waals surface area contributed by atoms with Crippen LogP contribution in [0.4, 0.5) is 10.3 Å². The number of nitrogens with one attached hydrogen (secondary N) is 2. The maximum Gasteiger partial charge on any atom is 0.228 e. The van der Waals surface area contributed by atoms with Crippen molar-refractivity contribution in [2.75, 3.05) is 18.4 Å². The lowest BCUT2D eigenvalue weighted by molar-refractivity contribution is 0.254. The number of aryl methyl sites for hydroxylation is 1. The molecule has 0 radical (unpaired) electrons. The number of aromatic nitrogens is 3. The summed E-state index contributed by atoms with van der Waals surface area (Å²) < 4.78 is 20.1. The van der Waals surface area contributed by atoms with Crippen LogP contribution in [0.5, 0.6) is 11.6 Å². The summed E-state index contributed by atoms with van der Waals surface area (Å²) in [6.45, 7) is 3.09. The highest BCUT2D eigenvalue weighted by molar-refractivity contribution is 5.90. The molecular weight excluding hydrogens is 405 g/mol. The monoisotopic (exact) mass is 429 g/mol. The summed E-state index contributed by atoms with van der Waals surface area (Å²) in [4.78, 5) is 13.5. The van der Waals surface area contributed by atoms with Gasteiger partial charge in [0.05, 0.1) is 11.3 Å². The van der Waals surface area contributed by atoms with Crippen molar-refractivity contribution < 1.29 is 9.13 Å². The predicted octanol–water partition coefficient (Wildman–Crippen LogP) is 4.90. The lowest BCUT2D eigenvalue weighted by atomic mass is 10.1. The topological polar surface area (TPSA) is 72.0 Å². The van der Waals surface area contributed by atoms with Crippen molar-refractivity contribution in [1.29, 1.82) is 0 Å². The largest absolute Gasteiger partial charge is 0.437 e. The van der Waals surface area contributed by atoms with E-state index in [0.717, 1.165) is 27.6 Å². The Balaban J connectivity index is 1.47. The summed E-state index contributed by atoms with van der Waals surface area (Å²) >= 11 is 0. The maximum absolute atomic E-state index is 13.7. The Morgan fingerprint density at radius 2 is 1.91 bits per heavy atom. The van der Waals surface area contributed by atoms with Gasteiger partial charge in [0.1, 0.15) is 11.9 Å². The number of alkyl halides is 1. The molecule has 1 fully saturated rings. The van der Waals surface area contributed by atoms with Gasteiger partial charge < -0.3 is 15.4 Å². The lowest BCUT2D eigenvalue weighted by Crippen LogP contribution is -2.44. The molecule has 0 bridgehead atoms. The number of halogens is 1. The molecule has 1 saturated heterocycles. The van der Waals surface area contributed by atoms with E-state index in [1.165, 1.54) is 0 Å². The van der Waals surface area contributed by atoms with Crippen LogP contribution in [0.15, 0.2) is 67.0 Å². The number of nitrogens with zero attached hydrogens (tertiary/aromatic N) is 3. The van der Waals surface area contributed by atoms with Gasteiger partial charge in [-0.2, -0.15) is 0 Å². The summed E-state index contributed by atoms with van der Waals surface area (Å²) in [6, 6.07) is 17.8. The number of rotatable bonds is 5. The maximum atomic E-state index is 13.7. The molecule has 7 heteroatoms. The van der Waals surface area contributed by atoms with Crippen LogP contribution in [-0.4, -0.2) is 40.3 Å². The fourth-order valence-corrected chi connectivity index (χ4v) is 4.01. The van der Waals surface area contributed by atoms with E-state index in [0.29, 0.717) is 37.0 Å².